The Labute approximate surface area is 151 Å². The van der Waals surface area contributed by atoms with E-state index in [4.69, 9.17) is 11.6 Å². The van der Waals surface area contributed by atoms with Gasteiger partial charge in [0.15, 0.2) is 5.78 Å². The fourth-order valence-electron chi connectivity index (χ4n) is 7.86. The first-order valence-corrected chi connectivity index (χ1v) is 10.7. The molecule has 24 heavy (non-hydrogen) atoms. The van der Waals surface area contributed by atoms with Crippen LogP contribution in [0.3, 0.4) is 0 Å². The third-order valence-electron chi connectivity index (χ3n) is 9.16. The summed E-state index contributed by atoms with van der Waals surface area (Å²) in [7, 11) is 0. The Morgan fingerprint density at radius 3 is 2.46 bits per heavy atom. The smallest absolute Gasteiger partial charge is 0.151 e. The molecule has 2 nitrogen and oxygen atoms in total. The summed E-state index contributed by atoms with van der Waals surface area (Å²) in [6.07, 6.45) is 10.5. The van der Waals surface area contributed by atoms with E-state index >= 15 is 0 Å². The van der Waals surface area contributed by atoms with E-state index < -0.39 is 0 Å². The van der Waals surface area contributed by atoms with E-state index in [0.29, 0.717) is 17.1 Å². The van der Waals surface area contributed by atoms with Crippen LogP contribution in [0.5, 0.6) is 0 Å². The van der Waals surface area contributed by atoms with Gasteiger partial charge in [-0.05, 0) is 92.3 Å². The number of carbonyl (C=O) groups excluding carboxylic acids is 1. The highest BCUT2D eigenvalue weighted by atomic mass is 35.5. The Morgan fingerprint density at radius 1 is 1.00 bits per heavy atom. The van der Waals surface area contributed by atoms with E-state index in [-0.39, 0.29) is 23.3 Å². The van der Waals surface area contributed by atoms with E-state index in [1.807, 2.05) is 0 Å². The Balaban J connectivity index is 1.60. The first-order valence-electron chi connectivity index (χ1n) is 10.2. The molecule has 136 valence electrons. The Hall–Kier alpha value is -0.0800. The number of fused-ring (bicyclic) bond motifs is 5. The van der Waals surface area contributed by atoms with Gasteiger partial charge < -0.3 is 5.11 Å². The van der Waals surface area contributed by atoms with Crippen molar-refractivity contribution in [3.63, 3.8) is 0 Å². The first-order chi connectivity index (χ1) is 11.4. The van der Waals surface area contributed by atoms with Crippen molar-refractivity contribution in [1.82, 2.24) is 0 Å². The molecule has 0 aromatic carbocycles. The quantitative estimate of drug-likeness (QED) is 0.724. The number of ketones is 1. The number of hydrogen-bond donors (Lipinski definition) is 1. The van der Waals surface area contributed by atoms with Crippen LogP contribution in [0.15, 0.2) is 0 Å². The summed E-state index contributed by atoms with van der Waals surface area (Å²) in [5.74, 6) is 3.74. The summed E-state index contributed by atoms with van der Waals surface area (Å²) in [5, 5.41) is 10.1. The van der Waals surface area contributed by atoms with Crippen LogP contribution >= 0.6 is 11.6 Å². The van der Waals surface area contributed by atoms with Gasteiger partial charge in [0.1, 0.15) is 0 Å². The molecule has 4 aliphatic rings. The molecule has 4 rings (SSSR count). The number of Topliss-reactive ketones (excluding diaryl/α,β-unsaturated/α-hetero) is 1. The molecule has 0 aromatic rings. The number of rotatable bonds is 2. The van der Waals surface area contributed by atoms with Crippen LogP contribution in [-0.2, 0) is 4.79 Å². The normalized spacial score (nSPS) is 53.8. The topological polar surface area (TPSA) is 37.3 Å². The molecule has 3 heteroatoms. The van der Waals surface area contributed by atoms with Crippen LogP contribution in [0.25, 0.3) is 0 Å². The lowest BCUT2D eigenvalue weighted by molar-refractivity contribution is -0.138. The van der Waals surface area contributed by atoms with Crippen molar-refractivity contribution in [1.29, 1.82) is 0 Å². The van der Waals surface area contributed by atoms with Crippen LogP contribution in [0.2, 0.25) is 0 Å². The summed E-state index contributed by atoms with van der Waals surface area (Å²) in [4.78, 5) is 12.4. The molecule has 0 spiro atoms. The van der Waals surface area contributed by atoms with Crippen LogP contribution in [0, 0.1) is 40.4 Å². The van der Waals surface area contributed by atoms with Gasteiger partial charge in [-0.3, -0.25) is 4.79 Å². The van der Waals surface area contributed by atoms with Gasteiger partial charge in [0.2, 0.25) is 0 Å². The zero-order valence-electron chi connectivity index (χ0n) is 15.3. The standard InChI is InChI=1S/C21H33ClO2/c1-20-9-7-14(23)11-13(20)3-4-15-16-5-6-18(19(24)12-22)21(16,2)10-8-17(15)20/h13-18,23H,3-12H2,1-2H3/t13-,14?,15?,16?,17?,18?,20?,21?/m0/s1. The van der Waals surface area contributed by atoms with Gasteiger partial charge in [-0.25, -0.2) is 0 Å². The van der Waals surface area contributed by atoms with Gasteiger partial charge >= 0.3 is 0 Å². The van der Waals surface area contributed by atoms with E-state index in [2.05, 4.69) is 13.8 Å². The number of carbonyl (C=O) groups is 1. The zero-order valence-corrected chi connectivity index (χ0v) is 16.0. The van der Waals surface area contributed by atoms with Gasteiger partial charge in [-0.15, -0.1) is 11.6 Å². The second-order valence-corrected chi connectivity index (χ2v) is 10.1. The van der Waals surface area contributed by atoms with E-state index in [9.17, 15) is 9.90 Å². The maximum atomic E-state index is 12.4. The maximum absolute atomic E-state index is 12.4. The number of aliphatic hydroxyl groups is 1. The van der Waals surface area contributed by atoms with Crippen LogP contribution in [0.1, 0.15) is 71.6 Å². The minimum Gasteiger partial charge on any atom is -0.393 e. The number of alkyl halides is 1. The average molecular weight is 353 g/mol. The first kappa shape index (κ1) is 17.3. The molecule has 0 aliphatic heterocycles. The lowest BCUT2D eigenvalue weighted by Crippen LogP contribution is -2.54. The molecular formula is C21H33ClO2. The molecule has 1 N–H and O–H groups in total. The largest absolute Gasteiger partial charge is 0.393 e. The van der Waals surface area contributed by atoms with Crippen LogP contribution in [-0.4, -0.2) is 22.9 Å². The Morgan fingerprint density at radius 2 is 1.71 bits per heavy atom. The van der Waals surface area contributed by atoms with Crippen molar-refractivity contribution in [3.8, 4) is 0 Å². The third-order valence-corrected chi connectivity index (χ3v) is 9.42. The maximum Gasteiger partial charge on any atom is 0.151 e. The summed E-state index contributed by atoms with van der Waals surface area (Å²) in [5.41, 5.74) is 0.628. The summed E-state index contributed by atoms with van der Waals surface area (Å²) in [6, 6.07) is 0. The highest BCUT2D eigenvalue weighted by molar-refractivity contribution is 6.28. The SMILES string of the molecule is CC12CCC3C(CC[C@H]4CC(O)CCC34C)C1CCC2C(=O)CCl. The second kappa shape index (κ2) is 5.98. The molecule has 0 aromatic heterocycles. The minimum absolute atomic E-state index is 0.0642. The highest BCUT2D eigenvalue weighted by Crippen LogP contribution is 2.67. The van der Waals surface area contributed by atoms with Gasteiger partial charge in [0.05, 0.1) is 12.0 Å². The fraction of sp³-hybridized carbons (Fsp3) is 0.952. The van der Waals surface area contributed by atoms with Crippen molar-refractivity contribution in [2.75, 3.05) is 5.88 Å². The summed E-state index contributed by atoms with van der Waals surface area (Å²) in [6.45, 7) is 4.93. The summed E-state index contributed by atoms with van der Waals surface area (Å²) >= 11 is 5.92. The molecule has 0 radical (unpaired) electrons. The Bertz CT molecular complexity index is 520. The number of halogens is 1. The van der Waals surface area contributed by atoms with Crippen molar-refractivity contribution in [3.05, 3.63) is 0 Å². The predicted molar refractivity (Wildman–Crippen MR) is 97.0 cm³/mol. The van der Waals surface area contributed by atoms with Crippen molar-refractivity contribution < 1.29 is 9.90 Å². The van der Waals surface area contributed by atoms with Gasteiger partial charge in [-0.1, -0.05) is 13.8 Å². The molecule has 4 aliphatic carbocycles. The van der Waals surface area contributed by atoms with Crippen molar-refractivity contribution in [2.24, 2.45) is 40.4 Å². The molecule has 8 atom stereocenters. The highest BCUT2D eigenvalue weighted by Gasteiger charge is 2.60. The molecule has 4 fully saturated rings. The fourth-order valence-corrected chi connectivity index (χ4v) is 8.04. The Kier molecular flexibility index (Phi) is 4.32. The zero-order chi connectivity index (χ0) is 17.1. The van der Waals surface area contributed by atoms with Gasteiger partial charge in [0, 0.05) is 5.92 Å². The summed E-state index contributed by atoms with van der Waals surface area (Å²) < 4.78 is 0. The van der Waals surface area contributed by atoms with E-state index in [1.54, 1.807) is 0 Å². The second-order valence-electron chi connectivity index (χ2n) is 9.86. The molecule has 0 amide bonds. The molecule has 0 saturated heterocycles. The molecule has 0 bridgehead atoms. The van der Waals surface area contributed by atoms with Crippen LogP contribution < -0.4 is 0 Å². The molecular weight excluding hydrogens is 320 g/mol. The lowest BCUT2D eigenvalue weighted by Gasteiger charge is -2.60. The van der Waals surface area contributed by atoms with Gasteiger partial charge in [-0.2, -0.15) is 0 Å². The molecule has 0 heterocycles. The predicted octanol–water partition coefficient (Wildman–Crippen LogP) is 4.81. The minimum atomic E-state index is -0.0642. The van der Waals surface area contributed by atoms with Gasteiger partial charge in [0.25, 0.3) is 0 Å². The average Bonchev–Trinajstić information content (AvgIpc) is 2.92. The monoisotopic (exact) mass is 352 g/mol. The third kappa shape index (κ3) is 2.35. The van der Waals surface area contributed by atoms with Crippen molar-refractivity contribution in [2.45, 2.75) is 77.7 Å². The van der Waals surface area contributed by atoms with Crippen molar-refractivity contribution >= 4 is 17.4 Å². The molecule has 7 unspecified atom stereocenters. The van der Waals surface area contributed by atoms with E-state index in [1.165, 1.54) is 38.5 Å². The number of hydrogen-bond acceptors (Lipinski definition) is 2. The lowest BCUT2D eigenvalue weighted by atomic mass is 9.44. The molecule has 4 saturated carbocycles. The number of aliphatic hydroxyl groups excluding tert-OH is 1. The van der Waals surface area contributed by atoms with E-state index in [0.717, 1.165) is 37.0 Å². The van der Waals surface area contributed by atoms with Crippen LogP contribution in [0.4, 0.5) is 0 Å².